The molecule has 0 atom stereocenters. The summed E-state index contributed by atoms with van der Waals surface area (Å²) in [4.78, 5) is 7.14. The van der Waals surface area contributed by atoms with E-state index in [0.29, 0.717) is 33.6 Å². The number of nitriles is 2. The lowest BCUT2D eigenvalue weighted by molar-refractivity contribution is -0.137. The third-order valence-corrected chi connectivity index (χ3v) is 12.7. The molecule has 6 nitrogen and oxygen atoms in total. The van der Waals surface area contributed by atoms with Gasteiger partial charge in [0.05, 0.1) is 69.9 Å². The summed E-state index contributed by atoms with van der Waals surface area (Å²) in [5.41, 5.74) is 11.8. The lowest BCUT2D eigenvalue weighted by Gasteiger charge is -2.20. The van der Waals surface area contributed by atoms with Gasteiger partial charge in [0.1, 0.15) is 0 Å². The predicted octanol–water partition coefficient (Wildman–Crippen LogP) is 16.4. The molecule has 9 aromatic carbocycles. The van der Waals surface area contributed by atoms with Crippen molar-refractivity contribution in [2.24, 2.45) is 0 Å². The van der Waals surface area contributed by atoms with Gasteiger partial charge in [-0.1, -0.05) is 109 Å². The highest BCUT2D eigenvalue weighted by Crippen LogP contribution is 2.45. The predicted molar refractivity (Wildman–Crippen MR) is 264 cm³/mol. The fourth-order valence-electron chi connectivity index (χ4n) is 9.46. The number of halogens is 3. The van der Waals surface area contributed by atoms with Crippen molar-refractivity contribution in [1.29, 1.82) is 10.5 Å². The van der Waals surface area contributed by atoms with E-state index in [-0.39, 0.29) is 5.69 Å². The molecule has 0 aliphatic carbocycles. The van der Waals surface area contributed by atoms with Gasteiger partial charge in [-0.3, -0.25) is 0 Å². The Bertz CT molecular complexity index is 4050. The minimum absolute atomic E-state index is 0.132. The van der Waals surface area contributed by atoms with E-state index in [1.807, 2.05) is 103 Å². The molecule has 0 fully saturated rings. The summed E-state index contributed by atoms with van der Waals surface area (Å²) in [5.74, 6) is 0. The summed E-state index contributed by atoms with van der Waals surface area (Å²) in [7, 11) is 0. The highest BCUT2D eigenvalue weighted by Gasteiger charge is 2.31. The van der Waals surface area contributed by atoms with Crippen LogP contribution in [0.2, 0.25) is 0 Å². The van der Waals surface area contributed by atoms with Crippen LogP contribution >= 0.6 is 0 Å². The van der Waals surface area contributed by atoms with Crippen molar-refractivity contribution in [3.8, 4) is 68.0 Å². The van der Waals surface area contributed by atoms with Crippen LogP contribution in [0.1, 0.15) is 16.7 Å². The van der Waals surface area contributed by atoms with Crippen molar-refractivity contribution in [3.05, 3.63) is 228 Å². The fourth-order valence-corrected chi connectivity index (χ4v) is 9.46. The zero-order chi connectivity index (χ0) is 46.7. The Morgan fingerprint density at radius 1 is 0.412 bits per heavy atom. The van der Waals surface area contributed by atoms with Crippen LogP contribution in [-0.4, -0.2) is 9.13 Å². The van der Waals surface area contributed by atoms with Crippen LogP contribution in [0.5, 0.6) is 0 Å². The lowest BCUT2D eigenvalue weighted by atomic mass is 9.94. The third-order valence-electron chi connectivity index (χ3n) is 12.7. The number of nitrogens with zero attached hydrogens (tertiary/aromatic N) is 6. The minimum atomic E-state index is -4.63. The molecule has 0 aliphatic rings. The molecule has 0 saturated carbocycles. The van der Waals surface area contributed by atoms with Crippen molar-refractivity contribution < 1.29 is 13.2 Å². The number of benzene rings is 9. The van der Waals surface area contributed by atoms with Gasteiger partial charge in [-0.25, -0.2) is 9.69 Å². The standard InChI is InChI=1S/C59H31F3N6/c1-65-44-22-16-39(17-23-44)41-19-27-56-50(31-41)46-7-3-5-9-53(46)67(56)55-26-13-37(35-64)29-49(55)48-24-18-42(45-25-21-43(59(60,61)62)33-52(45)66-2)32-58(48)68-54-10-6-4-8-47(54)51-30-40(20-28-57(51)68)38-14-11-36(34-63)12-15-38/h3-33H. The summed E-state index contributed by atoms with van der Waals surface area (Å²) in [6.07, 6.45) is -4.63. The Hall–Kier alpha value is -9.67. The maximum absolute atomic E-state index is 14.0. The van der Waals surface area contributed by atoms with Crippen molar-refractivity contribution >= 4 is 55.0 Å². The average Bonchev–Trinajstić information content (AvgIpc) is 3.90. The Morgan fingerprint density at radius 2 is 0.926 bits per heavy atom. The molecular formula is C59H31F3N6. The summed E-state index contributed by atoms with van der Waals surface area (Å²) in [6, 6.07) is 62.8. The van der Waals surface area contributed by atoms with Crippen molar-refractivity contribution in [2.45, 2.75) is 6.18 Å². The number of rotatable bonds is 6. The van der Waals surface area contributed by atoms with Crippen LogP contribution in [0.25, 0.3) is 109 Å². The molecule has 0 amide bonds. The van der Waals surface area contributed by atoms with Gasteiger partial charge in [-0.05, 0) is 112 Å². The highest BCUT2D eigenvalue weighted by molar-refractivity contribution is 6.13. The van der Waals surface area contributed by atoms with Crippen LogP contribution in [0, 0.1) is 35.8 Å². The average molecular weight is 881 g/mol. The van der Waals surface area contributed by atoms with E-state index in [2.05, 4.69) is 79.5 Å². The fraction of sp³-hybridized carbons (Fsp3) is 0.0169. The van der Waals surface area contributed by atoms with Crippen LogP contribution in [0.3, 0.4) is 0 Å². The third kappa shape index (κ3) is 6.79. The molecule has 0 aliphatic heterocycles. The molecule has 0 spiro atoms. The maximum Gasteiger partial charge on any atom is 0.415 e. The molecule has 2 heterocycles. The van der Waals surface area contributed by atoms with Gasteiger partial charge in [-0.2, -0.15) is 23.7 Å². The van der Waals surface area contributed by atoms with E-state index in [4.69, 9.17) is 13.1 Å². The van der Waals surface area contributed by atoms with Crippen LogP contribution in [0.4, 0.5) is 24.5 Å². The number of hydrogen-bond acceptors (Lipinski definition) is 2. The summed E-state index contributed by atoms with van der Waals surface area (Å²) in [5, 5.41) is 23.8. The largest absolute Gasteiger partial charge is 0.415 e. The van der Waals surface area contributed by atoms with Gasteiger partial charge in [0.15, 0.2) is 11.4 Å². The van der Waals surface area contributed by atoms with Crippen molar-refractivity contribution in [2.75, 3.05) is 0 Å². The van der Waals surface area contributed by atoms with Gasteiger partial charge in [0, 0.05) is 38.2 Å². The SMILES string of the molecule is [C-]#[N+]c1ccc(-c2ccc3c(c2)c2ccccc2n3-c2ccc(C#N)cc2-c2ccc(-c3ccc(C(F)(F)F)cc3[N+]#[C-])cc2-n2c3ccccc3c3cc(-c4ccc(C#N)cc4)ccc32)cc1. The summed E-state index contributed by atoms with van der Waals surface area (Å²) >= 11 is 0. The molecule has 9 heteroatoms. The molecule has 0 saturated heterocycles. The minimum Gasteiger partial charge on any atom is -0.309 e. The van der Waals surface area contributed by atoms with Crippen molar-refractivity contribution in [1.82, 2.24) is 9.13 Å². The monoisotopic (exact) mass is 880 g/mol. The summed E-state index contributed by atoms with van der Waals surface area (Å²) < 4.78 is 46.3. The lowest BCUT2D eigenvalue weighted by Crippen LogP contribution is -2.04. The highest BCUT2D eigenvalue weighted by atomic mass is 19.4. The number of hydrogen-bond donors (Lipinski definition) is 0. The van der Waals surface area contributed by atoms with Crippen LogP contribution in [-0.2, 0) is 6.18 Å². The van der Waals surface area contributed by atoms with Gasteiger partial charge in [0.2, 0.25) is 0 Å². The first-order chi connectivity index (χ1) is 33.1. The molecule has 0 unspecified atom stereocenters. The maximum atomic E-state index is 14.0. The first-order valence-corrected chi connectivity index (χ1v) is 21.5. The zero-order valence-corrected chi connectivity index (χ0v) is 35.7. The second kappa shape index (κ2) is 16.1. The van der Waals surface area contributed by atoms with E-state index in [9.17, 15) is 23.7 Å². The molecule has 68 heavy (non-hydrogen) atoms. The second-order valence-electron chi connectivity index (χ2n) is 16.4. The Morgan fingerprint density at radius 3 is 1.50 bits per heavy atom. The van der Waals surface area contributed by atoms with Crippen LogP contribution < -0.4 is 0 Å². The molecule has 0 radical (unpaired) electrons. The van der Waals surface area contributed by atoms with Crippen LogP contribution in [0.15, 0.2) is 188 Å². The molecule has 0 N–H and O–H groups in total. The first-order valence-electron chi connectivity index (χ1n) is 21.5. The summed E-state index contributed by atoms with van der Waals surface area (Å²) in [6.45, 7) is 15.4. The molecule has 11 aromatic rings. The normalized spacial score (nSPS) is 11.4. The number of aromatic nitrogens is 2. The van der Waals surface area contributed by atoms with Gasteiger partial charge < -0.3 is 9.13 Å². The number of alkyl halides is 3. The topological polar surface area (TPSA) is 66.2 Å². The molecular weight excluding hydrogens is 850 g/mol. The van der Waals surface area contributed by atoms with Gasteiger partial charge >= 0.3 is 6.18 Å². The molecule has 2 aromatic heterocycles. The van der Waals surface area contributed by atoms with Gasteiger partial charge in [-0.15, -0.1) is 0 Å². The Kier molecular flexibility index (Phi) is 9.72. The molecule has 0 bridgehead atoms. The van der Waals surface area contributed by atoms with E-state index < -0.39 is 11.7 Å². The first kappa shape index (κ1) is 41.1. The van der Waals surface area contributed by atoms with Gasteiger partial charge in [0.25, 0.3) is 0 Å². The number of para-hydroxylation sites is 2. The Balaban J connectivity index is 1.20. The zero-order valence-electron chi connectivity index (χ0n) is 35.7. The van der Waals surface area contributed by atoms with E-state index in [1.165, 1.54) is 6.07 Å². The van der Waals surface area contributed by atoms with E-state index >= 15 is 0 Å². The Labute approximate surface area is 388 Å². The van der Waals surface area contributed by atoms with Crippen molar-refractivity contribution in [3.63, 3.8) is 0 Å². The van der Waals surface area contributed by atoms with E-state index in [1.54, 1.807) is 18.2 Å². The number of fused-ring (bicyclic) bond motifs is 6. The van der Waals surface area contributed by atoms with E-state index in [0.717, 1.165) is 94.8 Å². The smallest absolute Gasteiger partial charge is 0.309 e. The molecule has 11 rings (SSSR count). The molecule has 318 valence electrons. The second-order valence-corrected chi connectivity index (χ2v) is 16.4. The quantitative estimate of drug-likeness (QED) is 0.156.